The first-order chi connectivity index (χ1) is 19.0. The summed E-state index contributed by atoms with van der Waals surface area (Å²) in [6, 6.07) is 15.0. The Labute approximate surface area is 233 Å². The van der Waals surface area contributed by atoms with Crippen LogP contribution in [0, 0.1) is 18.7 Å². The van der Waals surface area contributed by atoms with E-state index < -0.39 is 17.5 Å². The van der Waals surface area contributed by atoms with Crippen LogP contribution in [-0.2, 0) is 16.1 Å². The van der Waals surface area contributed by atoms with Crippen molar-refractivity contribution in [3.63, 3.8) is 0 Å². The number of fused-ring (bicyclic) bond motifs is 2. The van der Waals surface area contributed by atoms with Crippen LogP contribution in [0.3, 0.4) is 0 Å². The van der Waals surface area contributed by atoms with Crippen LogP contribution in [0.4, 0.5) is 10.2 Å². The normalized spacial score (nSPS) is 19.6. The van der Waals surface area contributed by atoms with Crippen molar-refractivity contribution in [2.75, 3.05) is 18.8 Å². The number of nitrogens with two attached hydrogens (primary N) is 1. The maximum absolute atomic E-state index is 14.5. The lowest BCUT2D eigenvalue weighted by Crippen LogP contribution is -2.51. The molecule has 1 aromatic heterocycles. The van der Waals surface area contributed by atoms with Crippen molar-refractivity contribution in [2.24, 2.45) is 5.92 Å². The average molecular weight is 549 g/mol. The van der Waals surface area contributed by atoms with Crippen molar-refractivity contribution in [3.05, 3.63) is 93.0 Å². The average Bonchev–Trinajstić information content (AvgIpc) is 3.53. The first-order valence-electron chi connectivity index (χ1n) is 13.8. The van der Waals surface area contributed by atoms with E-state index in [1.807, 2.05) is 31.0 Å². The predicted octanol–water partition coefficient (Wildman–Crippen LogP) is 3.80. The third-order valence-corrected chi connectivity index (χ3v) is 8.15. The van der Waals surface area contributed by atoms with Gasteiger partial charge in [-0.1, -0.05) is 24.3 Å². The van der Waals surface area contributed by atoms with Crippen LogP contribution in [0.2, 0.25) is 0 Å². The largest absolute Gasteiger partial charge is 0.384 e. The molecule has 1 saturated heterocycles. The maximum atomic E-state index is 14.5. The van der Waals surface area contributed by atoms with Gasteiger partial charge in [-0.2, -0.15) is 0 Å². The molecular weight excluding hydrogens is 511 g/mol. The number of nitrogen functional groups attached to an aromatic ring is 1. The van der Waals surface area contributed by atoms with Gasteiger partial charge in [-0.3, -0.25) is 9.36 Å². The fourth-order valence-electron chi connectivity index (χ4n) is 5.70. The number of aryl methyl sites for hydroxylation is 1. The number of hydroxylamine groups is 2. The van der Waals surface area contributed by atoms with Crippen molar-refractivity contribution < 1.29 is 19.1 Å². The highest BCUT2D eigenvalue weighted by molar-refractivity contribution is 5.79. The van der Waals surface area contributed by atoms with Crippen LogP contribution in [0.5, 0.6) is 0 Å². The molecular formula is C31H37FN4O4. The highest BCUT2D eigenvalue weighted by Crippen LogP contribution is 2.37. The number of aliphatic hydroxyl groups excluding tert-OH is 1. The molecule has 5 rings (SSSR count). The summed E-state index contributed by atoms with van der Waals surface area (Å²) in [7, 11) is 0. The van der Waals surface area contributed by atoms with E-state index in [2.05, 4.69) is 5.32 Å². The van der Waals surface area contributed by atoms with Crippen molar-refractivity contribution >= 4 is 11.8 Å². The second-order valence-corrected chi connectivity index (χ2v) is 11.6. The molecule has 1 saturated carbocycles. The second-order valence-electron chi connectivity index (χ2n) is 11.6. The molecule has 9 heteroatoms. The van der Waals surface area contributed by atoms with Gasteiger partial charge in [0.1, 0.15) is 23.3 Å². The zero-order valence-electron chi connectivity index (χ0n) is 23.2. The van der Waals surface area contributed by atoms with Crippen LogP contribution < -0.4 is 16.6 Å². The standard InChI is InChI=1S/C31H37FN4O4/c1-19-4-11-24(26(32)16-19)28(38)25-12-13-27(37)36(29(25)33)22-8-5-20(6-9-22)14-15-34-31(2,3)30(39)40-35-18-21-7-10-23(35)17-21/h4-6,8-9,11-13,16,21,23,28,34,38H,7,10,14-15,17-18,33H2,1-3H3. The summed E-state index contributed by atoms with van der Waals surface area (Å²) < 4.78 is 15.8. The lowest BCUT2D eigenvalue weighted by Gasteiger charge is -2.30. The SMILES string of the molecule is Cc1ccc(C(O)c2ccc(=O)n(-c3ccc(CCNC(C)(C)C(=O)ON4CC5CCC4C5)cc3)c2N)c(F)c1. The Bertz CT molecular complexity index is 1450. The molecule has 0 amide bonds. The summed E-state index contributed by atoms with van der Waals surface area (Å²) in [5.74, 6) is -0.132. The van der Waals surface area contributed by atoms with Crippen molar-refractivity contribution in [1.82, 2.24) is 14.9 Å². The minimum atomic E-state index is -1.33. The van der Waals surface area contributed by atoms with Gasteiger partial charge in [-0.05, 0) is 87.8 Å². The van der Waals surface area contributed by atoms with Gasteiger partial charge >= 0.3 is 5.97 Å². The monoisotopic (exact) mass is 548 g/mol. The van der Waals surface area contributed by atoms with Gasteiger partial charge in [0, 0.05) is 36.3 Å². The number of piperidine rings is 1. The van der Waals surface area contributed by atoms with E-state index in [4.69, 9.17) is 10.6 Å². The van der Waals surface area contributed by atoms with Crippen LogP contribution >= 0.6 is 0 Å². The number of nitrogens with zero attached hydrogens (tertiary/aromatic N) is 2. The van der Waals surface area contributed by atoms with Gasteiger partial charge in [-0.25, -0.2) is 9.18 Å². The number of carbonyl (C=O) groups is 1. The van der Waals surface area contributed by atoms with E-state index in [0.717, 1.165) is 30.5 Å². The van der Waals surface area contributed by atoms with Gasteiger partial charge < -0.3 is 21.0 Å². The number of halogens is 1. The third-order valence-electron chi connectivity index (χ3n) is 8.15. The zero-order chi connectivity index (χ0) is 28.6. The number of hydrogen-bond donors (Lipinski definition) is 3. The number of rotatable bonds is 9. The Morgan fingerprint density at radius 2 is 1.88 bits per heavy atom. The molecule has 2 fully saturated rings. The van der Waals surface area contributed by atoms with Crippen LogP contribution in [-0.4, -0.2) is 45.4 Å². The Morgan fingerprint density at radius 3 is 2.52 bits per heavy atom. The molecule has 1 aliphatic carbocycles. The first-order valence-corrected chi connectivity index (χ1v) is 13.8. The molecule has 0 spiro atoms. The fourth-order valence-corrected chi connectivity index (χ4v) is 5.70. The number of hydrogen-bond acceptors (Lipinski definition) is 7. The van der Waals surface area contributed by atoms with Crippen molar-refractivity contribution in [3.8, 4) is 5.69 Å². The molecule has 2 bridgehead atoms. The predicted molar refractivity (Wildman–Crippen MR) is 151 cm³/mol. The molecule has 3 aromatic rings. The van der Waals surface area contributed by atoms with Crippen molar-refractivity contribution in [1.29, 1.82) is 0 Å². The molecule has 2 aromatic carbocycles. The number of pyridine rings is 1. The summed E-state index contributed by atoms with van der Waals surface area (Å²) in [5.41, 5.74) is 7.73. The van der Waals surface area contributed by atoms with E-state index in [0.29, 0.717) is 30.6 Å². The molecule has 4 N–H and O–H groups in total. The highest BCUT2D eigenvalue weighted by atomic mass is 19.1. The highest BCUT2D eigenvalue weighted by Gasteiger charge is 2.42. The number of aromatic nitrogens is 1. The van der Waals surface area contributed by atoms with Crippen LogP contribution in [0.15, 0.2) is 59.4 Å². The molecule has 3 atom stereocenters. The maximum Gasteiger partial charge on any atom is 0.344 e. The molecule has 8 nitrogen and oxygen atoms in total. The number of anilines is 1. The molecule has 40 heavy (non-hydrogen) atoms. The quantitative estimate of drug-likeness (QED) is 0.373. The van der Waals surface area contributed by atoms with Crippen LogP contribution in [0.1, 0.15) is 61.5 Å². The molecule has 1 aliphatic heterocycles. The Morgan fingerprint density at radius 1 is 1.15 bits per heavy atom. The van der Waals surface area contributed by atoms with E-state index in [1.54, 1.807) is 25.1 Å². The van der Waals surface area contributed by atoms with Gasteiger partial charge in [0.15, 0.2) is 0 Å². The number of aliphatic hydroxyl groups is 1. The minimum Gasteiger partial charge on any atom is -0.384 e. The topological polar surface area (TPSA) is 110 Å². The number of benzene rings is 2. The fraction of sp³-hybridized carbons (Fsp3) is 0.419. The molecule has 0 radical (unpaired) electrons. The molecule has 3 unspecified atom stereocenters. The van der Waals surface area contributed by atoms with Gasteiger partial charge in [-0.15, -0.1) is 5.06 Å². The summed E-state index contributed by atoms with van der Waals surface area (Å²) in [6.07, 6.45) is 2.76. The van der Waals surface area contributed by atoms with E-state index in [9.17, 15) is 19.1 Å². The molecule has 2 heterocycles. The van der Waals surface area contributed by atoms with E-state index in [-0.39, 0.29) is 28.5 Å². The smallest absolute Gasteiger partial charge is 0.344 e. The Hall–Kier alpha value is -3.53. The Kier molecular flexibility index (Phi) is 7.81. The molecule has 2 aliphatic rings. The number of nitrogens with one attached hydrogen (secondary N) is 1. The molecule has 212 valence electrons. The minimum absolute atomic E-state index is 0.0425. The summed E-state index contributed by atoms with van der Waals surface area (Å²) in [4.78, 5) is 31.2. The summed E-state index contributed by atoms with van der Waals surface area (Å²) in [5, 5.41) is 16.0. The number of carbonyl (C=O) groups excluding carboxylic acids is 1. The Balaban J connectivity index is 1.23. The summed E-state index contributed by atoms with van der Waals surface area (Å²) >= 11 is 0. The van der Waals surface area contributed by atoms with E-state index >= 15 is 0 Å². The van der Waals surface area contributed by atoms with Gasteiger partial charge in [0.25, 0.3) is 5.56 Å². The lowest BCUT2D eigenvalue weighted by molar-refractivity contribution is -0.205. The van der Waals surface area contributed by atoms with Crippen molar-refractivity contribution in [2.45, 2.75) is 64.1 Å². The second kappa shape index (κ2) is 11.2. The van der Waals surface area contributed by atoms with Gasteiger partial charge in [0.2, 0.25) is 0 Å². The van der Waals surface area contributed by atoms with Gasteiger partial charge in [0.05, 0.1) is 5.69 Å². The third kappa shape index (κ3) is 5.68. The summed E-state index contributed by atoms with van der Waals surface area (Å²) in [6.45, 7) is 6.80. The zero-order valence-corrected chi connectivity index (χ0v) is 23.2. The first kappa shape index (κ1) is 28.0. The lowest BCUT2D eigenvalue weighted by atomic mass is 10.00. The van der Waals surface area contributed by atoms with E-state index in [1.165, 1.54) is 35.3 Å². The van der Waals surface area contributed by atoms with Crippen LogP contribution in [0.25, 0.3) is 5.69 Å².